The maximum Gasteiger partial charge on any atom is 0.0558 e. The van der Waals surface area contributed by atoms with E-state index >= 15 is 0 Å². The van der Waals surface area contributed by atoms with E-state index in [4.69, 9.17) is 0 Å². The van der Waals surface area contributed by atoms with Crippen molar-refractivity contribution in [2.24, 2.45) is 5.41 Å². The van der Waals surface area contributed by atoms with Gasteiger partial charge >= 0.3 is 0 Å². The Hall–Kier alpha value is -0.120. The topological polar surface area (TPSA) is 35.5 Å². The number of hydrogen-bond acceptors (Lipinski definition) is 3. The summed E-state index contributed by atoms with van der Waals surface area (Å²) in [4.78, 5) is 2.47. The molecule has 0 aromatic rings. The Bertz CT molecular complexity index is 207. The van der Waals surface area contributed by atoms with Gasteiger partial charge in [0.1, 0.15) is 0 Å². The lowest BCUT2D eigenvalue weighted by molar-refractivity contribution is 0.108. The Kier molecular flexibility index (Phi) is 8.67. The predicted molar refractivity (Wildman–Crippen MR) is 82.5 cm³/mol. The van der Waals surface area contributed by atoms with E-state index in [0.717, 1.165) is 32.7 Å². The number of aliphatic hydroxyl groups excluding tert-OH is 1. The molecule has 0 amide bonds. The second kappa shape index (κ2) is 9.73. The number of nitrogens with one attached hydrogen (secondary N) is 1. The van der Waals surface area contributed by atoms with Crippen LogP contribution >= 0.6 is 0 Å². The minimum Gasteiger partial charge on any atom is -0.395 e. The molecule has 0 aliphatic heterocycles. The molecule has 0 atom stereocenters. The second-order valence-corrected chi connectivity index (χ2v) is 6.19. The maximum absolute atomic E-state index is 9.25. The molecule has 1 aliphatic carbocycles. The first-order chi connectivity index (χ1) is 9.26. The molecule has 1 aliphatic rings. The highest BCUT2D eigenvalue weighted by Gasteiger charge is 2.32. The Morgan fingerprint density at radius 1 is 1.05 bits per heavy atom. The van der Waals surface area contributed by atoms with Crippen LogP contribution in [0.25, 0.3) is 0 Å². The summed E-state index contributed by atoms with van der Waals surface area (Å²) >= 11 is 0. The van der Waals surface area contributed by atoms with Gasteiger partial charge in [-0.3, -0.25) is 0 Å². The predicted octanol–water partition coefficient (Wildman–Crippen LogP) is 2.64. The van der Waals surface area contributed by atoms with Crippen LogP contribution in [0, 0.1) is 5.41 Å². The zero-order chi connectivity index (χ0) is 14.0. The molecule has 1 rings (SSSR count). The van der Waals surface area contributed by atoms with E-state index in [-0.39, 0.29) is 6.61 Å². The molecule has 2 N–H and O–H groups in total. The van der Waals surface area contributed by atoms with Gasteiger partial charge in [0, 0.05) is 19.6 Å². The SMILES string of the molecule is CCCN(CCO)CC1(CNCC)CCCCCC1. The largest absolute Gasteiger partial charge is 0.395 e. The molecular weight excluding hydrogens is 236 g/mol. The molecule has 0 heterocycles. The van der Waals surface area contributed by atoms with Crippen molar-refractivity contribution in [2.45, 2.75) is 58.8 Å². The fourth-order valence-electron chi connectivity index (χ4n) is 3.46. The molecule has 0 unspecified atom stereocenters. The fraction of sp³-hybridized carbons (Fsp3) is 1.00. The molecule has 0 saturated heterocycles. The van der Waals surface area contributed by atoms with Crippen molar-refractivity contribution in [3.05, 3.63) is 0 Å². The van der Waals surface area contributed by atoms with Gasteiger partial charge in [0.05, 0.1) is 6.61 Å². The van der Waals surface area contributed by atoms with Crippen LogP contribution in [0.3, 0.4) is 0 Å². The van der Waals surface area contributed by atoms with E-state index < -0.39 is 0 Å². The van der Waals surface area contributed by atoms with E-state index in [1.165, 1.54) is 44.9 Å². The lowest BCUT2D eigenvalue weighted by atomic mass is 9.79. The molecule has 0 spiro atoms. The van der Waals surface area contributed by atoms with Crippen molar-refractivity contribution >= 4 is 0 Å². The molecule has 0 aromatic carbocycles. The van der Waals surface area contributed by atoms with Gasteiger partial charge in [0.25, 0.3) is 0 Å². The summed E-state index contributed by atoms with van der Waals surface area (Å²) in [5, 5.41) is 12.8. The van der Waals surface area contributed by atoms with Gasteiger partial charge in [0.2, 0.25) is 0 Å². The highest BCUT2D eigenvalue weighted by atomic mass is 16.3. The summed E-state index contributed by atoms with van der Waals surface area (Å²) in [6.45, 7) is 10.0. The van der Waals surface area contributed by atoms with Crippen LogP contribution in [0.15, 0.2) is 0 Å². The smallest absolute Gasteiger partial charge is 0.0558 e. The molecule has 1 saturated carbocycles. The Morgan fingerprint density at radius 3 is 2.26 bits per heavy atom. The van der Waals surface area contributed by atoms with Crippen molar-refractivity contribution in [1.29, 1.82) is 0 Å². The molecule has 3 heteroatoms. The van der Waals surface area contributed by atoms with Gasteiger partial charge in [-0.2, -0.15) is 0 Å². The molecule has 0 bridgehead atoms. The van der Waals surface area contributed by atoms with Crippen LogP contribution in [-0.2, 0) is 0 Å². The van der Waals surface area contributed by atoms with Gasteiger partial charge in [-0.05, 0) is 37.8 Å². The molecule has 1 fully saturated rings. The highest BCUT2D eigenvalue weighted by Crippen LogP contribution is 2.35. The summed E-state index contributed by atoms with van der Waals surface area (Å²) in [7, 11) is 0. The van der Waals surface area contributed by atoms with Gasteiger partial charge in [-0.15, -0.1) is 0 Å². The van der Waals surface area contributed by atoms with Gasteiger partial charge in [-0.1, -0.05) is 39.5 Å². The molecule has 3 nitrogen and oxygen atoms in total. The Labute approximate surface area is 119 Å². The lowest BCUT2D eigenvalue weighted by Crippen LogP contribution is -2.45. The third kappa shape index (κ3) is 6.24. The molecule has 0 radical (unpaired) electrons. The first-order valence-corrected chi connectivity index (χ1v) is 8.30. The summed E-state index contributed by atoms with van der Waals surface area (Å²) in [6, 6.07) is 0. The van der Waals surface area contributed by atoms with Gasteiger partial charge < -0.3 is 15.3 Å². The van der Waals surface area contributed by atoms with E-state index in [0.29, 0.717) is 5.41 Å². The highest BCUT2D eigenvalue weighted by molar-refractivity contribution is 4.87. The standard InChI is InChI=1S/C16H34N2O/c1-3-11-18(12-13-19)15-16(14-17-4-2)9-7-5-6-8-10-16/h17,19H,3-15H2,1-2H3. The van der Waals surface area contributed by atoms with Crippen molar-refractivity contribution in [3.8, 4) is 0 Å². The Morgan fingerprint density at radius 2 is 1.74 bits per heavy atom. The number of nitrogens with zero attached hydrogens (tertiary/aromatic N) is 1. The van der Waals surface area contributed by atoms with Crippen molar-refractivity contribution in [1.82, 2.24) is 10.2 Å². The normalized spacial score (nSPS) is 19.6. The van der Waals surface area contributed by atoms with Gasteiger partial charge in [-0.25, -0.2) is 0 Å². The van der Waals surface area contributed by atoms with Crippen LogP contribution in [0.1, 0.15) is 58.8 Å². The third-order valence-corrected chi connectivity index (χ3v) is 4.43. The third-order valence-electron chi connectivity index (χ3n) is 4.43. The van der Waals surface area contributed by atoms with E-state index in [1.807, 2.05) is 0 Å². The van der Waals surface area contributed by atoms with E-state index in [2.05, 4.69) is 24.1 Å². The summed E-state index contributed by atoms with van der Waals surface area (Å²) < 4.78 is 0. The fourth-order valence-corrected chi connectivity index (χ4v) is 3.46. The number of hydrogen-bond donors (Lipinski definition) is 2. The summed E-state index contributed by atoms with van der Waals surface area (Å²) in [5.74, 6) is 0. The van der Waals surface area contributed by atoms with Gasteiger partial charge in [0.15, 0.2) is 0 Å². The first kappa shape index (κ1) is 16.9. The Balaban J connectivity index is 2.64. The average molecular weight is 270 g/mol. The van der Waals surface area contributed by atoms with Crippen molar-refractivity contribution in [2.75, 3.05) is 39.3 Å². The first-order valence-electron chi connectivity index (χ1n) is 8.30. The minimum atomic E-state index is 0.289. The van der Waals surface area contributed by atoms with Crippen LogP contribution in [0.4, 0.5) is 0 Å². The molecule has 114 valence electrons. The molecular formula is C16H34N2O. The summed E-state index contributed by atoms with van der Waals surface area (Å²) in [6.07, 6.45) is 9.45. The zero-order valence-electron chi connectivity index (χ0n) is 13.1. The average Bonchev–Trinajstić information content (AvgIpc) is 2.63. The van der Waals surface area contributed by atoms with Crippen LogP contribution in [0.2, 0.25) is 0 Å². The molecule has 0 aromatic heterocycles. The summed E-state index contributed by atoms with van der Waals surface area (Å²) in [5.41, 5.74) is 0.441. The van der Waals surface area contributed by atoms with E-state index in [1.54, 1.807) is 0 Å². The second-order valence-electron chi connectivity index (χ2n) is 6.19. The monoisotopic (exact) mass is 270 g/mol. The van der Waals surface area contributed by atoms with Crippen molar-refractivity contribution < 1.29 is 5.11 Å². The van der Waals surface area contributed by atoms with Crippen LogP contribution in [0.5, 0.6) is 0 Å². The number of rotatable bonds is 9. The molecule has 19 heavy (non-hydrogen) atoms. The van der Waals surface area contributed by atoms with Crippen LogP contribution < -0.4 is 5.32 Å². The lowest BCUT2D eigenvalue weighted by Gasteiger charge is -2.38. The zero-order valence-corrected chi connectivity index (χ0v) is 13.1. The number of aliphatic hydroxyl groups is 1. The maximum atomic E-state index is 9.25. The van der Waals surface area contributed by atoms with E-state index in [9.17, 15) is 5.11 Å². The van der Waals surface area contributed by atoms with Crippen LogP contribution in [-0.4, -0.2) is 49.3 Å². The minimum absolute atomic E-state index is 0.289. The van der Waals surface area contributed by atoms with Crippen molar-refractivity contribution in [3.63, 3.8) is 0 Å². The quantitative estimate of drug-likeness (QED) is 0.632.